The fourth-order valence-corrected chi connectivity index (χ4v) is 2.69. The highest BCUT2D eigenvalue weighted by atomic mass is 28.4. The molecule has 0 atom stereocenters. The number of hydrogen-bond acceptors (Lipinski definition) is 3. The van der Waals surface area contributed by atoms with Crippen LogP contribution in [0.1, 0.15) is 5.56 Å². The molecule has 0 aromatic heterocycles. The summed E-state index contributed by atoms with van der Waals surface area (Å²) in [6, 6.07) is 10.9. The molecule has 0 aliphatic carbocycles. The van der Waals surface area contributed by atoms with Crippen LogP contribution >= 0.6 is 0 Å². The predicted octanol–water partition coefficient (Wildman–Crippen LogP) is 2.15. The van der Waals surface area contributed by atoms with Crippen molar-refractivity contribution in [3.8, 4) is 11.1 Å². The molecule has 2 aromatic rings. The Morgan fingerprint density at radius 1 is 0.857 bits per heavy atom. The summed E-state index contributed by atoms with van der Waals surface area (Å²) in [5.74, 6) is 0. The molecule has 0 saturated heterocycles. The zero-order valence-corrected chi connectivity index (χ0v) is 12.1. The summed E-state index contributed by atoms with van der Waals surface area (Å²) >= 11 is 0. The quantitative estimate of drug-likeness (QED) is 0.854. The first kappa shape index (κ1) is 15.7. The third kappa shape index (κ3) is 3.51. The molecule has 2 aromatic carbocycles. The molecule has 0 fully saturated rings. The van der Waals surface area contributed by atoms with Crippen molar-refractivity contribution in [1.29, 1.82) is 0 Å². The zero-order chi connectivity index (χ0) is 15.7. The Morgan fingerprint density at radius 3 is 1.67 bits per heavy atom. The lowest BCUT2D eigenvalue weighted by molar-refractivity contribution is -0.137. The third-order valence-corrected chi connectivity index (χ3v) is 4.75. The van der Waals surface area contributed by atoms with Crippen LogP contribution in [0.5, 0.6) is 0 Å². The predicted molar refractivity (Wildman–Crippen MR) is 73.7 cm³/mol. The maximum absolute atomic E-state index is 12.5. The van der Waals surface area contributed by atoms with Crippen LogP contribution in [0.2, 0.25) is 0 Å². The summed E-state index contributed by atoms with van der Waals surface area (Å²) in [5.41, 5.74) is 0.572. The van der Waals surface area contributed by atoms with Crippen LogP contribution in [0.25, 0.3) is 11.1 Å². The molecule has 0 bridgehead atoms. The molecule has 21 heavy (non-hydrogen) atoms. The fraction of sp³-hybridized carbons (Fsp3) is 0.143. The van der Waals surface area contributed by atoms with Crippen molar-refractivity contribution in [3.63, 3.8) is 0 Å². The number of benzene rings is 2. The van der Waals surface area contributed by atoms with E-state index in [9.17, 15) is 22.8 Å². The number of hydrogen-bond donors (Lipinski definition) is 2. The standard InChI is InChI=1S/C14H13F3O3Si/c1-20-21(18,19)13-8-4-11(5-9-13)10-2-6-12(7-3-10)14(15,16)17/h2-9,18-19H,1H3. The first-order valence-electron chi connectivity index (χ1n) is 6.02. The smallest absolute Gasteiger partial charge is 0.386 e. The van der Waals surface area contributed by atoms with Crippen LogP contribution in [0.4, 0.5) is 13.2 Å². The molecule has 0 heterocycles. The minimum atomic E-state index is -4.36. The van der Waals surface area contributed by atoms with E-state index in [1.54, 1.807) is 12.1 Å². The van der Waals surface area contributed by atoms with Gasteiger partial charge in [0.15, 0.2) is 0 Å². The topological polar surface area (TPSA) is 49.7 Å². The van der Waals surface area contributed by atoms with Gasteiger partial charge in [0.2, 0.25) is 0 Å². The normalized spacial score (nSPS) is 12.5. The fourth-order valence-electron chi connectivity index (χ4n) is 1.85. The van der Waals surface area contributed by atoms with Crippen molar-refractivity contribution < 1.29 is 27.2 Å². The highest BCUT2D eigenvalue weighted by molar-refractivity contribution is 6.72. The van der Waals surface area contributed by atoms with Gasteiger partial charge in [0.05, 0.1) is 5.56 Å². The second-order valence-corrected chi connectivity index (χ2v) is 6.67. The molecule has 0 spiro atoms. The number of halogens is 3. The summed E-state index contributed by atoms with van der Waals surface area (Å²) in [5, 5.41) is 0.265. The molecule has 0 saturated carbocycles. The molecule has 3 nitrogen and oxygen atoms in total. The molecule has 7 heteroatoms. The van der Waals surface area contributed by atoms with Crippen molar-refractivity contribution in [2.45, 2.75) is 6.18 Å². The second kappa shape index (κ2) is 5.61. The molecule has 0 amide bonds. The maximum Gasteiger partial charge on any atom is 0.531 e. The molecule has 0 aliphatic heterocycles. The second-order valence-electron chi connectivity index (χ2n) is 4.46. The SMILES string of the molecule is CO[Si](O)(O)c1ccc(-c2ccc(C(F)(F)F)cc2)cc1. The van der Waals surface area contributed by atoms with E-state index in [4.69, 9.17) is 0 Å². The van der Waals surface area contributed by atoms with Crippen LogP contribution in [-0.2, 0) is 10.6 Å². The summed E-state index contributed by atoms with van der Waals surface area (Å²) in [6.45, 7) is 0. The van der Waals surface area contributed by atoms with Crippen LogP contribution < -0.4 is 5.19 Å². The Hall–Kier alpha value is -1.67. The molecule has 2 rings (SSSR count). The van der Waals surface area contributed by atoms with Crippen LogP contribution in [0.15, 0.2) is 48.5 Å². The average molecular weight is 314 g/mol. The Bertz CT molecular complexity index is 607. The van der Waals surface area contributed by atoms with E-state index < -0.39 is 20.5 Å². The van der Waals surface area contributed by atoms with Gasteiger partial charge in [0.1, 0.15) is 0 Å². The lowest BCUT2D eigenvalue weighted by Gasteiger charge is -2.15. The van der Waals surface area contributed by atoms with Gasteiger partial charge in [-0.2, -0.15) is 13.2 Å². The van der Waals surface area contributed by atoms with Gasteiger partial charge in [0.25, 0.3) is 0 Å². The summed E-state index contributed by atoms with van der Waals surface area (Å²) in [4.78, 5) is 19.3. The van der Waals surface area contributed by atoms with Crippen LogP contribution in [-0.4, -0.2) is 25.5 Å². The average Bonchev–Trinajstić information content (AvgIpc) is 2.47. The first-order valence-corrected chi connectivity index (χ1v) is 7.82. The molecule has 2 N–H and O–H groups in total. The van der Waals surface area contributed by atoms with Gasteiger partial charge in [-0.25, -0.2) is 0 Å². The number of rotatable bonds is 3. The van der Waals surface area contributed by atoms with E-state index in [-0.39, 0.29) is 5.19 Å². The van der Waals surface area contributed by atoms with Crippen molar-refractivity contribution >= 4 is 14.0 Å². The molecule has 112 valence electrons. The van der Waals surface area contributed by atoms with Gasteiger partial charge in [-0.15, -0.1) is 0 Å². The Morgan fingerprint density at radius 2 is 1.29 bits per heavy atom. The van der Waals surface area contributed by atoms with Crippen LogP contribution in [0.3, 0.4) is 0 Å². The molecular weight excluding hydrogens is 301 g/mol. The van der Waals surface area contributed by atoms with Crippen molar-refractivity contribution in [1.82, 2.24) is 0 Å². The lowest BCUT2D eigenvalue weighted by atomic mass is 10.0. The minimum Gasteiger partial charge on any atom is -0.386 e. The van der Waals surface area contributed by atoms with Gasteiger partial charge < -0.3 is 14.0 Å². The van der Waals surface area contributed by atoms with E-state index in [1.807, 2.05) is 0 Å². The Labute approximate surface area is 120 Å². The van der Waals surface area contributed by atoms with E-state index in [1.165, 1.54) is 31.4 Å². The molecule has 0 aliphatic rings. The van der Waals surface area contributed by atoms with E-state index in [0.717, 1.165) is 12.1 Å². The highest BCUT2D eigenvalue weighted by Crippen LogP contribution is 2.30. The first-order chi connectivity index (χ1) is 9.74. The Kier molecular flexibility index (Phi) is 4.19. The summed E-state index contributed by atoms with van der Waals surface area (Å²) in [6.07, 6.45) is -4.36. The van der Waals surface area contributed by atoms with Crippen molar-refractivity contribution in [2.75, 3.05) is 7.11 Å². The maximum atomic E-state index is 12.5. The van der Waals surface area contributed by atoms with Gasteiger partial charge >= 0.3 is 15.0 Å². The van der Waals surface area contributed by atoms with Gasteiger partial charge in [-0.05, 0) is 23.3 Å². The highest BCUT2D eigenvalue weighted by Gasteiger charge is 2.33. The van der Waals surface area contributed by atoms with Gasteiger partial charge in [-0.1, -0.05) is 36.4 Å². The van der Waals surface area contributed by atoms with Gasteiger partial charge in [0, 0.05) is 12.3 Å². The minimum absolute atomic E-state index is 0.265. The van der Waals surface area contributed by atoms with Crippen LogP contribution in [0, 0.1) is 0 Å². The lowest BCUT2D eigenvalue weighted by Crippen LogP contribution is -2.50. The zero-order valence-electron chi connectivity index (χ0n) is 11.1. The van der Waals surface area contributed by atoms with Gasteiger partial charge in [-0.3, -0.25) is 0 Å². The van der Waals surface area contributed by atoms with E-state index in [2.05, 4.69) is 4.43 Å². The van der Waals surface area contributed by atoms with Crippen molar-refractivity contribution in [2.24, 2.45) is 0 Å². The monoisotopic (exact) mass is 314 g/mol. The Balaban J connectivity index is 2.27. The summed E-state index contributed by atoms with van der Waals surface area (Å²) < 4.78 is 42.1. The van der Waals surface area contributed by atoms with E-state index >= 15 is 0 Å². The third-order valence-electron chi connectivity index (χ3n) is 3.09. The molecule has 0 unspecified atom stereocenters. The molecular formula is C14H13F3O3Si. The largest absolute Gasteiger partial charge is 0.531 e. The number of alkyl halides is 3. The van der Waals surface area contributed by atoms with E-state index in [0.29, 0.717) is 11.1 Å². The van der Waals surface area contributed by atoms with Crippen molar-refractivity contribution in [3.05, 3.63) is 54.1 Å². The summed E-state index contributed by atoms with van der Waals surface area (Å²) in [7, 11) is -2.66. The molecule has 0 radical (unpaired) electrons.